The van der Waals surface area contributed by atoms with Crippen molar-refractivity contribution in [1.82, 2.24) is 5.32 Å². The van der Waals surface area contributed by atoms with Crippen LogP contribution in [0.2, 0.25) is 0 Å². The smallest absolute Gasteiger partial charge is 0.252 e. The van der Waals surface area contributed by atoms with E-state index in [1.165, 1.54) is 12.1 Å². The summed E-state index contributed by atoms with van der Waals surface area (Å²) in [5.74, 6) is -0.659. The molecule has 15 heavy (non-hydrogen) atoms. The molecule has 0 fully saturated rings. The van der Waals surface area contributed by atoms with E-state index in [4.69, 9.17) is 0 Å². The molecule has 1 aromatic rings. The first kappa shape index (κ1) is 12.2. The first-order valence-electron chi connectivity index (χ1n) is 4.89. The van der Waals surface area contributed by atoms with Crippen LogP contribution in [0.3, 0.4) is 0 Å². The molecule has 0 spiro atoms. The lowest BCUT2D eigenvalue weighted by molar-refractivity contribution is 0.0952. The van der Waals surface area contributed by atoms with Gasteiger partial charge in [0, 0.05) is 6.54 Å². The van der Waals surface area contributed by atoms with Gasteiger partial charge in [0.1, 0.15) is 5.82 Å². The van der Waals surface area contributed by atoms with E-state index >= 15 is 0 Å². The minimum atomic E-state index is -0.418. The summed E-state index contributed by atoms with van der Waals surface area (Å²) >= 11 is 3.05. The van der Waals surface area contributed by atoms with Gasteiger partial charge in [-0.3, -0.25) is 4.79 Å². The average molecular weight is 274 g/mol. The minimum Gasteiger partial charge on any atom is -0.352 e. The SMILES string of the molecule is CCCCNC(=O)c1cccc(F)c1Br. The molecule has 0 unspecified atom stereocenters. The van der Waals surface area contributed by atoms with Gasteiger partial charge in [-0.2, -0.15) is 0 Å². The van der Waals surface area contributed by atoms with Crippen LogP contribution in [0.5, 0.6) is 0 Å². The molecule has 4 heteroatoms. The largest absolute Gasteiger partial charge is 0.352 e. The van der Waals surface area contributed by atoms with Crippen molar-refractivity contribution < 1.29 is 9.18 Å². The van der Waals surface area contributed by atoms with Gasteiger partial charge in [0.15, 0.2) is 0 Å². The fraction of sp³-hybridized carbons (Fsp3) is 0.364. The summed E-state index contributed by atoms with van der Waals surface area (Å²) in [4.78, 5) is 11.6. The van der Waals surface area contributed by atoms with E-state index in [1.807, 2.05) is 6.92 Å². The highest BCUT2D eigenvalue weighted by atomic mass is 79.9. The molecule has 0 aliphatic carbocycles. The predicted octanol–water partition coefficient (Wildman–Crippen LogP) is 3.12. The minimum absolute atomic E-state index is 0.221. The van der Waals surface area contributed by atoms with E-state index in [-0.39, 0.29) is 10.4 Å². The lowest BCUT2D eigenvalue weighted by Crippen LogP contribution is -2.24. The van der Waals surface area contributed by atoms with Gasteiger partial charge in [-0.05, 0) is 34.5 Å². The highest BCUT2D eigenvalue weighted by molar-refractivity contribution is 9.10. The molecule has 0 aromatic heterocycles. The monoisotopic (exact) mass is 273 g/mol. The van der Waals surface area contributed by atoms with Gasteiger partial charge in [0.05, 0.1) is 10.0 Å². The van der Waals surface area contributed by atoms with Gasteiger partial charge < -0.3 is 5.32 Å². The highest BCUT2D eigenvalue weighted by Gasteiger charge is 2.11. The quantitative estimate of drug-likeness (QED) is 0.840. The zero-order valence-electron chi connectivity index (χ0n) is 8.52. The number of carbonyl (C=O) groups is 1. The lowest BCUT2D eigenvalue weighted by atomic mass is 10.2. The molecular weight excluding hydrogens is 261 g/mol. The molecule has 0 saturated carbocycles. The van der Waals surface area contributed by atoms with E-state index in [2.05, 4.69) is 21.2 Å². The summed E-state index contributed by atoms with van der Waals surface area (Å²) in [5, 5.41) is 2.73. The van der Waals surface area contributed by atoms with Crippen LogP contribution in [0.25, 0.3) is 0 Å². The van der Waals surface area contributed by atoms with Crippen LogP contribution in [0.1, 0.15) is 30.1 Å². The standard InChI is InChI=1S/C11H13BrFNO/c1-2-3-7-14-11(15)8-5-4-6-9(13)10(8)12/h4-6H,2-3,7H2,1H3,(H,14,15). The molecule has 2 nitrogen and oxygen atoms in total. The number of rotatable bonds is 4. The second-order valence-corrected chi connectivity index (χ2v) is 4.00. The first-order chi connectivity index (χ1) is 7.16. The molecule has 0 bridgehead atoms. The fourth-order valence-electron chi connectivity index (χ4n) is 1.15. The van der Waals surface area contributed by atoms with Crippen LogP contribution in [0, 0.1) is 5.82 Å². The van der Waals surface area contributed by atoms with Crippen molar-refractivity contribution in [2.24, 2.45) is 0 Å². The fourth-order valence-corrected chi connectivity index (χ4v) is 1.60. The van der Waals surface area contributed by atoms with Crippen molar-refractivity contribution in [2.45, 2.75) is 19.8 Å². The van der Waals surface area contributed by atoms with Crippen molar-refractivity contribution in [2.75, 3.05) is 6.54 Å². The molecule has 1 rings (SSSR count). The van der Waals surface area contributed by atoms with Crippen molar-refractivity contribution in [1.29, 1.82) is 0 Å². The Hall–Kier alpha value is -0.900. The zero-order chi connectivity index (χ0) is 11.3. The molecule has 1 N–H and O–H groups in total. The molecule has 0 heterocycles. The third-order valence-corrected chi connectivity index (χ3v) is 2.82. The molecule has 0 aliphatic rings. The summed E-state index contributed by atoms with van der Waals surface area (Å²) in [6, 6.07) is 4.43. The van der Waals surface area contributed by atoms with Gasteiger partial charge in [-0.25, -0.2) is 4.39 Å². The Morgan fingerprint density at radius 2 is 2.27 bits per heavy atom. The molecular formula is C11H13BrFNO. The van der Waals surface area contributed by atoms with Gasteiger partial charge in [-0.15, -0.1) is 0 Å². The van der Waals surface area contributed by atoms with Crippen LogP contribution in [0.4, 0.5) is 4.39 Å². The lowest BCUT2D eigenvalue weighted by Gasteiger charge is -2.06. The van der Waals surface area contributed by atoms with Crippen molar-refractivity contribution in [3.63, 3.8) is 0 Å². The van der Waals surface area contributed by atoms with E-state index in [9.17, 15) is 9.18 Å². The number of hydrogen-bond donors (Lipinski definition) is 1. The highest BCUT2D eigenvalue weighted by Crippen LogP contribution is 2.20. The van der Waals surface area contributed by atoms with Gasteiger partial charge in [0.2, 0.25) is 0 Å². The molecule has 82 valence electrons. The first-order valence-corrected chi connectivity index (χ1v) is 5.68. The zero-order valence-corrected chi connectivity index (χ0v) is 10.1. The topological polar surface area (TPSA) is 29.1 Å². The van der Waals surface area contributed by atoms with Crippen LogP contribution in [-0.4, -0.2) is 12.5 Å². The predicted molar refractivity (Wildman–Crippen MR) is 61.3 cm³/mol. The van der Waals surface area contributed by atoms with Gasteiger partial charge in [0.25, 0.3) is 5.91 Å². The Bertz CT molecular complexity index is 354. The molecule has 0 aliphatic heterocycles. The molecule has 1 amide bonds. The number of halogens is 2. The Morgan fingerprint density at radius 1 is 1.53 bits per heavy atom. The van der Waals surface area contributed by atoms with Crippen LogP contribution in [-0.2, 0) is 0 Å². The van der Waals surface area contributed by atoms with Crippen LogP contribution < -0.4 is 5.32 Å². The van der Waals surface area contributed by atoms with E-state index < -0.39 is 5.82 Å². The number of carbonyl (C=O) groups excluding carboxylic acids is 1. The summed E-state index contributed by atoms with van der Waals surface area (Å²) in [6.07, 6.45) is 1.95. The Balaban J connectivity index is 2.69. The molecule has 0 saturated heterocycles. The molecule has 0 radical (unpaired) electrons. The van der Waals surface area contributed by atoms with Crippen LogP contribution >= 0.6 is 15.9 Å². The summed E-state index contributed by atoms with van der Waals surface area (Å²) in [7, 11) is 0. The number of hydrogen-bond acceptors (Lipinski definition) is 1. The average Bonchev–Trinajstić information content (AvgIpc) is 2.22. The van der Waals surface area contributed by atoms with Crippen LogP contribution in [0.15, 0.2) is 22.7 Å². The molecule has 1 aromatic carbocycles. The van der Waals surface area contributed by atoms with E-state index in [1.54, 1.807) is 6.07 Å². The van der Waals surface area contributed by atoms with Crippen molar-refractivity contribution in [3.8, 4) is 0 Å². The van der Waals surface area contributed by atoms with Crippen molar-refractivity contribution in [3.05, 3.63) is 34.1 Å². The second-order valence-electron chi connectivity index (χ2n) is 3.21. The Morgan fingerprint density at radius 3 is 2.93 bits per heavy atom. The van der Waals surface area contributed by atoms with Crippen molar-refractivity contribution >= 4 is 21.8 Å². The maximum atomic E-state index is 13.1. The maximum absolute atomic E-state index is 13.1. The maximum Gasteiger partial charge on any atom is 0.252 e. The normalized spacial score (nSPS) is 10.1. The summed E-state index contributed by atoms with van der Waals surface area (Å²) < 4.78 is 13.3. The van der Waals surface area contributed by atoms with Gasteiger partial charge in [-0.1, -0.05) is 19.4 Å². The Kier molecular flexibility index (Phi) is 4.75. The van der Waals surface area contributed by atoms with E-state index in [0.29, 0.717) is 12.1 Å². The number of nitrogens with one attached hydrogen (secondary N) is 1. The summed E-state index contributed by atoms with van der Waals surface area (Å²) in [6.45, 7) is 2.67. The summed E-state index contributed by atoms with van der Waals surface area (Å²) in [5.41, 5.74) is 0.339. The second kappa shape index (κ2) is 5.85. The third-order valence-electron chi connectivity index (χ3n) is 2.01. The Labute approximate surface area is 97.0 Å². The number of amides is 1. The van der Waals surface area contributed by atoms with Gasteiger partial charge >= 0.3 is 0 Å². The third kappa shape index (κ3) is 3.30. The van der Waals surface area contributed by atoms with E-state index in [0.717, 1.165) is 12.8 Å². The molecule has 0 atom stereocenters. The number of benzene rings is 1. The number of unbranched alkanes of at least 4 members (excludes halogenated alkanes) is 1.